The zero-order valence-corrected chi connectivity index (χ0v) is 9.35. The van der Waals surface area contributed by atoms with E-state index >= 15 is 0 Å². The van der Waals surface area contributed by atoms with Crippen molar-refractivity contribution in [3.05, 3.63) is 22.7 Å². The first-order valence-electron chi connectivity index (χ1n) is 6.15. The number of hydrogen-bond donors (Lipinski definition) is 1. The summed E-state index contributed by atoms with van der Waals surface area (Å²) in [5, 5.41) is 3.19. The number of nitrogens with zero attached hydrogens (tertiary/aromatic N) is 2. The van der Waals surface area contributed by atoms with Crippen LogP contribution in [0.5, 0.6) is 0 Å². The lowest BCUT2D eigenvalue weighted by atomic mass is 9.85. The third-order valence-electron chi connectivity index (χ3n) is 3.59. The van der Waals surface area contributed by atoms with Crippen molar-refractivity contribution in [3.63, 3.8) is 0 Å². The smallest absolute Gasteiger partial charge is 0.293 e. The van der Waals surface area contributed by atoms with Crippen molar-refractivity contribution in [2.45, 2.75) is 38.1 Å². The van der Waals surface area contributed by atoms with E-state index in [-0.39, 0.29) is 5.56 Å². The summed E-state index contributed by atoms with van der Waals surface area (Å²) in [7, 11) is 0. The quantitative estimate of drug-likeness (QED) is 0.839. The van der Waals surface area contributed by atoms with Crippen molar-refractivity contribution in [3.8, 4) is 0 Å². The molecule has 1 aromatic rings. The summed E-state index contributed by atoms with van der Waals surface area (Å²) in [6.45, 7) is 0.900. The maximum Gasteiger partial charge on any atom is 0.293 e. The predicted octanol–water partition coefficient (Wildman–Crippen LogP) is 1.79. The van der Waals surface area contributed by atoms with Gasteiger partial charge < -0.3 is 9.88 Å². The molecule has 3 rings (SSSR count). The van der Waals surface area contributed by atoms with Crippen LogP contribution in [0, 0.1) is 5.92 Å². The van der Waals surface area contributed by atoms with Gasteiger partial charge in [-0.1, -0.05) is 6.42 Å². The second-order valence-corrected chi connectivity index (χ2v) is 4.90. The molecule has 0 unspecified atom stereocenters. The van der Waals surface area contributed by atoms with Crippen molar-refractivity contribution in [2.24, 2.45) is 5.92 Å². The minimum atomic E-state index is 0.0457. The fourth-order valence-electron chi connectivity index (χ4n) is 2.12. The molecule has 16 heavy (non-hydrogen) atoms. The van der Waals surface area contributed by atoms with Crippen LogP contribution in [-0.2, 0) is 0 Å². The first-order valence-corrected chi connectivity index (χ1v) is 6.15. The van der Waals surface area contributed by atoms with Crippen LogP contribution in [0.3, 0.4) is 0 Å². The van der Waals surface area contributed by atoms with Gasteiger partial charge in [-0.15, -0.1) is 0 Å². The zero-order chi connectivity index (χ0) is 11.0. The molecule has 1 N–H and O–H groups in total. The number of anilines is 1. The highest BCUT2D eigenvalue weighted by molar-refractivity contribution is 5.31. The summed E-state index contributed by atoms with van der Waals surface area (Å²) in [6, 6.07) is 0.430. The number of aromatic nitrogens is 2. The van der Waals surface area contributed by atoms with E-state index in [0.717, 1.165) is 25.3 Å². The Labute approximate surface area is 94.7 Å². The molecule has 0 bridgehead atoms. The lowest BCUT2D eigenvalue weighted by Gasteiger charge is -2.25. The molecule has 0 atom stereocenters. The van der Waals surface area contributed by atoms with E-state index < -0.39 is 0 Å². The van der Waals surface area contributed by atoms with Crippen LogP contribution in [0.4, 0.5) is 5.82 Å². The van der Waals surface area contributed by atoms with Gasteiger partial charge in [0.05, 0.1) is 0 Å². The van der Waals surface area contributed by atoms with Gasteiger partial charge in [-0.2, -0.15) is 0 Å². The average Bonchev–Trinajstić information content (AvgIpc) is 3.01. The topological polar surface area (TPSA) is 46.9 Å². The third-order valence-corrected chi connectivity index (χ3v) is 3.59. The van der Waals surface area contributed by atoms with Crippen molar-refractivity contribution >= 4 is 5.82 Å². The van der Waals surface area contributed by atoms with E-state index in [1.165, 1.54) is 19.3 Å². The van der Waals surface area contributed by atoms with Gasteiger partial charge in [0.1, 0.15) is 0 Å². The van der Waals surface area contributed by atoms with Crippen LogP contribution in [0.1, 0.15) is 38.1 Å². The minimum absolute atomic E-state index is 0.0457. The van der Waals surface area contributed by atoms with Gasteiger partial charge in [-0.25, -0.2) is 4.98 Å². The van der Waals surface area contributed by atoms with Gasteiger partial charge in [0.2, 0.25) is 0 Å². The second-order valence-electron chi connectivity index (χ2n) is 4.90. The van der Waals surface area contributed by atoms with Crippen LogP contribution < -0.4 is 10.9 Å². The maximum atomic E-state index is 12.0. The average molecular weight is 219 g/mol. The van der Waals surface area contributed by atoms with Gasteiger partial charge in [0.25, 0.3) is 5.56 Å². The Hall–Kier alpha value is -1.32. The standard InChI is InChI=1S/C12H17N3O/c16-12-11(14-8-9-2-1-3-9)13-6-7-15(12)10-4-5-10/h6-7,9-10H,1-5,8H2,(H,13,14). The first kappa shape index (κ1) is 9.87. The van der Waals surface area contributed by atoms with Gasteiger partial charge in [-0.05, 0) is 31.6 Å². The van der Waals surface area contributed by atoms with E-state index in [1.54, 1.807) is 12.4 Å². The molecule has 1 heterocycles. The Morgan fingerprint density at radius 1 is 1.38 bits per heavy atom. The molecule has 0 radical (unpaired) electrons. The van der Waals surface area contributed by atoms with Crippen LogP contribution in [0.2, 0.25) is 0 Å². The molecule has 0 saturated heterocycles. The first-order chi connectivity index (χ1) is 7.84. The highest BCUT2D eigenvalue weighted by Crippen LogP contribution is 2.33. The highest BCUT2D eigenvalue weighted by Gasteiger charge is 2.25. The molecule has 2 aliphatic carbocycles. The molecule has 2 aliphatic rings. The Bertz CT molecular complexity index is 432. The lowest BCUT2D eigenvalue weighted by Crippen LogP contribution is -2.27. The van der Waals surface area contributed by atoms with Crippen molar-refractivity contribution in [1.29, 1.82) is 0 Å². The van der Waals surface area contributed by atoms with Crippen LogP contribution in [0.15, 0.2) is 17.2 Å². The second kappa shape index (κ2) is 3.92. The molecule has 4 heteroatoms. The van der Waals surface area contributed by atoms with Crippen LogP contribution in [0.25, 0.3) is 0 Å². The summed E-state index contributed by atoms with van der Waals surface area (Å²) in [6.07, 6.45) is 9.70. The highest BCUT2D eigenvalue weighted by atomic mass is 16.1. The molecular weight excluding hydrogens is 202 g/mol. The Morgan fingerprint density at radius 3 is 2.81 bits per heavy atom. The largest absolute Gasteiger partial charge is 0.365 e. The van der Waals surface area contributed by atoms with Crippen LogP contribution >= 0.6 is 0 Å². The zero-order valence-electron chi connectivity index (χ0n) is 9.35. The van der Waals surface area contributed by atoms with E-state index in [0.29, 0.717) is 11.9 Å². The SMILES string of the molecule is O=c1c(NCC2CCC2)nccn1C1CC1. The minimum Gasteiger partial charge on any atom is -0.365 e. The molecule has 2 saturated carbocycles. The van der Waals surface area contributed by atoms with Gasteiger partial charge in [0, 0.05) is 25.0 Å². The summed E-state index contributed by atoms with van der Waals surface area (Å²) < 4.78 is 1.82. The molecule has 0 spiro atoms. The Kier molecular flexibility index (Phi) is 2.42. The summed E-state index contributed by atoms with van der Waals surface area (Å²) in [5.41, 5.74) is 0.0457. The molecule has 0 amide bonds. The van der Waals surface area contributed by atoms with E-state index in [1.807, 2.05) is 4.57 Å². The molecule has 4 nitrogen and oxygen atoms in total. The van der Waals surface area contributed by atoms with Crippen molar-refractivity contribution in [2.75, 3.05) is 11.9 Å². The van der Waals surface area contributed by atoms with Gasteiger partial charge in [0.15, 0.2) is 5.82 Å². The normalized spacial score (nSPS) is 20.5. The molecule has 86 valence electrons. The molecule has 0 aliphatic heterocycles. The van der Waals surface area contributed by atoms with Crippen LogP contribution in [-0.4, -0.2) is 16.1 Å². The molecule has 0 aromatic carbocycles. The fourth-order valence-corrected chi connectivity index (χ4v) is 2.12. The monoisotopic (exact) mass is 219 g/mol. The van der Waals surface area contributed by atoms with Crippen molar-refractivity contribution in [1.82, 2.24) is 9.55 Å². The molecule has 2 fully saturated rings. The van der Waals surface area contributed by atoms with Crippen molar-refractivity contribution < 1.29 is 0 Å². The maximum absolute atomic E-state index is 12.0. The summed E-state index contributed by atoms with van der Waals surface area (Å²) in [5.74, 6) is 1.28. The molecule has 1 aromatic heterocycles. The summed E-state index contributed by atoms with van der Waals surface area (Å²) in [4.78, 5) is 16.1. The number of rotatable bonds is 4. The lowest BCUT2D eigenvalue weighted by molar-refractivity contribution is 0.333. The van der Waals surface area contributed by atoms with Gasteiger partial charge in [-0.3, -0.25) is 4.79 Å². The van der Waals surface area contributed by atoms with E-state index in [4.69, 9.17) is 0 Å². The van der Waals surface area contributed by atoms with Gasteiger partial charge >= 0.3 is 0 Å². The number of hydrogen-bond acceptors (Lipinski definition) is 3. The predicted molar refractivity (Wildman–Crippen MR) is 62.6 cm³/mol. The number of nitrogens with one attached hydrogen (secondary N) is 1. The summed E-state index contributed by atoms with van der Waals surface area (Å²) >= 11 is 0. The molecular formula is C12H17N3O. The van der Waals surface area contributed by atoms with E-state index in [2.05, 4.69) is 10.3 Å². The van der Waals surface area contributed by atoms with E-state index in [9.17, 15) is 4.79 Å². The Balaban J connectivity index is 1.72. The fraction of sp³-hybridized carbons (Fsp3) is 0.667. The Morgan fingerprint density at radius 2 is 2.19 bits per heavy atom. The third kappa shape index (κ3) is 1.84.